The molecule has 0 saturated heterocycles. The van der Waals surface area contributed by atoms with Crippen LogP contribution in [0.5, 0.6) is 0 Å². The van der Waals surface area contributed by atoms with Crippen molar-refractivity contribution in [2.24, 2.45) is 0 Å². The first kappa shape index (κ1) is 14.4. The molecule has 1 aromatic carbocycles. The number of anilines is 1. The fourth-order valence-corrected chi connectivity index (χ4v) is 1.63. The first-order valence-electron chi connectivity index (χ1n) is 5.46. The summed E-state index contributed by atoms with van der Waals surface area (Å²) < 4.78 is 0. The number of carboxylic acids is 1. The van der Waals surface area contributed by atoms with Gasteiger partial charge in [-0.1, -0.05) is 12.1 Å². The highest BCUT2D eigenvalue weighted by Crippen LogP contribution is 2.09. The van der Waals surface area contributed by atoms with E-state index in [0.717, 1.165) is 5.75 Å². The van der Waals surface area contributed by atoms with Gasteiger partial charge in [-0.25, -0.2) is 4.79 Å². The zero-order valence-corrected chi connectivity index (χ0v) is 10.9. The highest BCUT2D eigenvalue weighted by molar-refractivity contribution is 7.98. The molecular weight excluding hydrogens is 252 g/mol. The molecule has 1 rings (SSSR count). The number of nitrogens with one attached hydrogen (secondary N) is 2. The van der Waals surface area contributed by atoms with E-state index in [0.29, 0.717) is 17.8 Å². The van der Waals surface area contributed by atoms with Crippen molar-refractivity contribution in [1.29, 1.82) is 0 Å². The summed E-state index contributed by atoms with van der Waals surface area (Å²) in [5, 5.41) is 14.0. The Bertz CT molecular complexity index is 406. The van der Waals surface area contributed by atoms with Crippen LogP contribution in [0.25, 0.3) is 0 Å². The van der Waals surface area contributed by atoms with Crippen LogP contribution in [0.2, 0.25) is 0 Å². The van der Waals surface area contributed by atoms with Crippen molar-refractivity contribution in [2.45, 2.75) is 6.42 Å². The Morgan fingerprint density at radius 3 is 2.50 bits per heavy atom. The third-order valence-electron chi connectivity index (χ3n) is 2.16. The molecule has 0 radical (unpaired) electrons. The Hall–Kier alpha value is -1.69. The zero-order valence-electron chi connectivity index (χ0n) is 10.1. The van der Waals surface area contributed by atoms with Crippen molar-refractivity contribution in [3.63, 3.8) is 0 Å². The fraction of sp³-hybridized carbons (Fsp3) is 0.333. The van der Waals surface area contributed by atoms with E-state index in [1.54, 1.807) is 36.0 Å². The minimum absolute atomic E-state index is 0.0137. The second-order valence-electron chi connectivity index (χ2n) is 3.64. The lowest BCUT2D eigenvalue weighted by Crippen LogP contribution is -2.30. The molecule has 0 unspecified atom stereocenters. The van der Waals surface area contributed by atoms with Gasteiger partial charge in [0.25, 0.3) is 0 Å². The summed E-state index contributed by atoms with van der Waals surface area (Å²) in [7, 11) is 0. The Kier molecular flexibility index (Phi) is 6.07. The first-order valence-corrected chi connectivity index (χ1v) is 6.85. The van der Waals surface area contributed by atoms with Gasteiger partial charge in [0.05, 0.1) is 6.42 Å². The molecule has 0 aliphatic rings. The molecule has 0 saturated carbocycles. The average Bonchev–Trinajstić information content (AvgIpc) is 2.31. The number of benzene rings is 1. The van der Waals surface area contributed by atoms with Gasteiger partial charge in [0.2, 0.25) is 0 Å². The molecule has 0 aliphatic heterocycles. The van der Waals surface area contributed by atoms with E-state index >= 15 is 0 Å². The molecular formula is C12H16N2O3S. The molecule has 0 aromatic heterocycles. The summed E-state index contributed by atoms with van der Waals surface area (Å²) in [6, 6.07) is 6.49. The van der Waals surface area contributed by atoms with Gasteiger partial charge in [-0.05, 0) is 24.0 Å². The number of carbonyl (C=O) groups excluding carboxylic acids is 1. The zero-order chi connectivity index (χ0) is 13.4. The topological polar surface area (TPSA) is 78.4 Å². The largest absolute Gasteiger partial charge is 0.481 e. The third kappa shape index (κ3) is 5.58. The standard InChI is InChI=1S/C12H16N2O3S/c1-18-7-6-13-12(17)14-10-4-2-9(3-5-10)8-11(15)16/h2-5H,6-8H2,1H3,(H,15,16)(H2,13,14,17). The van der Waals surface area contributed by atoms with Crippen LogP contribution in [-0.4, -0.2) is 35.7 Å². The van der Waals surface area contributed by atoms with E-state index in [4.69, 9.17) is 5.11 Å². The quantitative estimate of drug-likeness (QED) is 0.687. The highest BCUT2D eigenvalue weighted by atomic mass is 32.2. The molecule has 18 heavy (non-hydrogen) atoms. The first-order chi connectivity index (χ1) is 8.61. The van der Waals surface area contributed by atoms with E-state index in [1.807, 2.05) is 6.26 Å². The van der Waals surface area contributed by atoms with E-state index in [-0.39, 0.29) is 12.5 Å². The normalized spacial score (nSPS) is 9.83. The Morgan fingerprint density at radius 1 is 1.28 bits per heavy atom. The van der Waals surface area contributed by atoms with Gasteiger partial charge in [-0.3, -0.25) is 4.79 Å². The van der Waals surface area contributed by atoms with Crippen LogP contribution in [0.15, 0.2) is 24.3 Å². The van der Waals surface area contributed by atoms with Crippen LogP contribution in [0.4, 0.5) is 10.5 Å². The molecule has 0 atom stereocenters. The summed E-state index contributed by atoms with van der Waals surface area (Å²) >= 11 is 1.66. The number of hydrogen-bond acceptors (Lipinski definition) is 3. The van der Waals surface area contributed by atoms with Crippen LogP contribution in [0.3, 0.4) is 0 Å². The van der Waals surface area contributed by atoms with Gasteiger partial charge in [-0.15, -0.1) is 0 Å². The Labute approximate surface area is 110 Å². The number of amides is 2. The minimum atomic E-state index is -0.870. The lowest BCUT2D eigenvalue weighted by atomic mass is 10.1. The van der Waals surface area contributed by atoms with Gasteiger partial charge in [-0.2, -0.15) is 11.8 Å². The molecule has 0 aliphatic carbocycles. The Balaban J connectivity index is 2.43. The molecule has 2 amide bonds. The number of carbonyl (C=O) groups is 2. The highest BCUT2D eigenvalue weighted by Gasteiger charge is 2.02. The molecule has 98 valence electrons. The summed E-state index contributed by atoms with van der Waals surface area (Å²) in [5.41, 5.74) is 1.35. The van der Waals surface area contributed by atoms with Gasteiger partial charge >= 0.3 is 12.0 Å². The van der Waals surface area contributed by atoms with Gasteiger partial charge in [0.1, 0.15) is 0 Å². The van der Waals surface area contributed by atoms with E-state index < -0.39 is 5.97 Å². The molecule has 3 N–H and O–H groups in total. The maximum Gasteiger partial charge on any atom is 0.319 e. The smallest absolute Gasteiger partial charge is 0.319 e. The molecule has 1 aromatic rings. The van der Waals surface area contributed by atoms with Crippen LogP contribution in [0, 0.1) is 0 Å². The number of urea groups is 1. The average molecular weight is 268 g/mol. The van der Waals surface area contributed by atoms with Crippen LogP contribution < -0.4 is 10.6 Å². The number of aliphatic carboxylic acids is 1. The summed E-state index contributed by atoms with van der Waals surface area (Å²) in [6.45, 7) is 0.615. The van der Waals surface area contributed by atoms with Crippen molar-refractivity contribution >= 4 is 29.4 Å². The lowest BCUT2D eigenvalue weighted by molar-refractivity contribution is -0.136. The van der Waals surface area contributed by atoms with Crippen molar-refractivity contribution in [3.8, 4) is 0 Å². The lowest BCUT2D eigenvalue weighted by Gasteiger charge is -2.07. The number of carboxylic acid groups (broad SMARTS) is 1. The van der Waals surface area contributed by atoms with Crippen molar-refractivity contribution in [1.82, 2.24) is 5.32 Å². The maximum atomic E-state index is 11.4. The van der Waals surface area contributed by atoms with Crippen LogP contribution in [-0.2, 0) is 11.2 Å². The minimum Gasteiger partial charge on any atom is -0.481 e. The molecule has 6 heteroatoms. The monoisotopic (exact) mass is 268 g/mol. The Morgan fingerprint density at radius 2 is 1.94 bits per heavy atom. The van der Waals surface area contributed by atoms with Gasteiger partial charge in [0, 0.05) is 18.0 Å². The fourth-order valence-electron chi connectivity index (χ4n) is 1.32. The van der Waals surface area contributed by atoms with Crippen LogP contribution >= 0.6 is 11.8 Å². The second-order valence-corrected chi connectivity index (χ2v) is 4.63. The summed E-state index contributed by atoms with van der Waals surface area (Å²) in [6.07, 6.45) is 1.96. The SMILES string of the molecule is CSCCNC(=O)Nc1ccc(CC(=O)O)cc1. The predicted molar refractivity (Wildman–Crippen MR) is 73.2 cm³/mol. The molecule has 0 bridgehead atoms. The summed E-state index contributed by atoms with van der Waals surface area (Å²) in [5.74, 6) is -0.00385. The summed E-state index contributed by atoms with van der Waals surface area (Å²) in [4.78, 5) is 21.9. The second kappa shape index (κ2) is 7.60. The molecule has 5 nitrogen and oxygen atoms in total. The van der Waals surface area contributed by atoms with Crippen LogP contribution in [0.1, 0.15) is 5.56 Å². The van der Waals surface area contributed by atoms with E-state index in [2.05, 4.69) is 10.6 Å². The number of thioether (sulfide) groups is 1. The van der Waals surface area contributed by atoms with Crippen molar-refractivity contribution in [2.75, 3.05) is 23.9 Å². The maximum absolute atomic E-state index is 11.4. The molecule has 0 spiro atoms. The van der Waals surface area contributed by atoms with E-state index in [9.17, 15) is 9.59 Å². The van der Waals surface area contributed by atoms with Crippen molar-refractivity contribution < 1.29 is 14.7 Å². The number of rotatable bonds is 6. The molecule has 0 fully saturated rings. The third-order valence-corrected chi connectivity index (χ3v) is 2.77. The van der Waals surface area contributed by atoms with Gasteiger partial charge in [0.15, 0.2) is 0 Å². The number of hydrogen-bond donors (Lipinski definition) is 3. The van der Waals surface area contributed by atoms with Gasteiger partial charge < -0.3 is 15.7 Å². The van der Waals surface area contributed by atoms with Crippen molar-refractivity contribution in [3.05, 3.63) is 29.8 Å². The molecule has 0 heterocycles. The van der Waals surface area contributed by atoms with E-state index in [1.165, 1.54) is 0 Å². The predicted octanol–water partition coefficient (Wildman–Crippen LogP) is 1.80.